The third kappa shape index (κ3) is 3.83. The monoisotopic (exact) mass is 475 g/mol. The van der Waals surface area contributed by atoms with Crippen molar-refractivity contribution >= 4 is 11.4 Å². The van der Waals surface area contributed by atoms with Gasteiger partial charge in [-0.05, 0) is 110 Å². The first-order valence-electron chi connectivity index (χ1n) is 15.1. The summed E-state index contributed by atoms with van der Waals surface area (Å²) in [5.74, 6) is 7.14. The van der Waals surface area contributed by atoms with Gasteiger partial charge in [0, 0.05) is 5.92 Å². The maximum Gasteiger partial charge on any atom is 0.145 e. The van der Waals surface area contributed by atoms with Gasteiger partial charge in [0.25, 0.3) is 0 Å². The van der Waals surface area contributed by atoms with Crippen molar-refractivity contribution in [2.24, 2.45) is 57.2 Å². The molecule has 2 nitrogen and oxygen atoms in total. The highest BCUT2D eigenvalue weighted by molar-refractivity contribution is 5.94. The Morgan fingerprint density at radius 3 is 2.49 bits per heavy atom. The van der Waals surface area contributed by atoms with E-state index in [1.807, 2.05) is 0 Å². The molecule has 5 aliphatic rings. The number of para-hydroxylation sites is 2. The van der Waals surface area contributed by atoms with E-state index in [9.17, 15) is 0 Å². The van der Waals surface area contributed by atoms with E-state index in [-0.39, 0.29) is 6.10 Å². The van der Waals surface area contributed by atoms with Crippen molar-refractivity contribution in [3.05, 3.63) is 24.3 Å². The van der Waals surface area contributed by atoms with Crippen LogP contribution in [-0.2, 0) is 0 Å². The molecule has 35 heavy (non-hydrogen) atoms. The van der Waals surface area contributed by atoms with Crippen LogP contribution >= 0.6 is 0 Å². The quantitative estimate of drug-likeness (QED) is 0.416. The molecule has 0 radical (unpaired) electrons. The molecule has 2 heteroatoms. The van der Waals surface area contributed by atoms with Crippen LogP contribution in [0.25, 0.3) is 0 Å². The number of aliphatic imine (C=N–C) groups is 1. The van der Waals surface area contributed by atoms with Gasteiger partial charge in [0.1, 0.15) is 17.5 Å². The lowest BCUT2D eigenvalue weighted by molar-refractivity contribution is -0.122. The van der Waals surface area contributed by atoms with Crippen molar-refractivity contribution < 1.29 is 4.74 Å². The first kappa shape index (κ1) is 24.1. The number of fused-ring (bicyclic) bond motifs is 8. The van der Waals surface area contributed by atoms with Crippen LogP contribution in [0.2, 0.25) is 0 Å². The number of hydrogen-bond donors (Lipinski definition) is 0. The standard InChI is InChI=1S/C33H49NO/c1-21(2)9-8-10-22(3)24-15-16-25-23-13-14-27-31-29(34-28-11-6-7-12-30(28)35-31)18-20-33(27,5)26(23)17-19-32(24,25)4/h6-7,11-12,21-27,31H,8-10,13-20H2,1-5H3/t22-,23-,24+,25-,26-,27-,31-,32+,33+/m0/s1. The third-order valence-electron chi connectivity index (χ3n) is 12.1. The van der Waals surface area contributed by atoms with E-state index < -0.39 is 0 Å². The van der Waals surface area contributed by atoms with Gasteiger partial charge >= 0.3 is 0 Å². The zero-order chi connectivity index (χ0) is 24.4. The summed E-state index contributed by atoms with van der Waals surface area (Å²) in [5, 5.41) is 0. The van der Waals surface area contributed by atoms with Crippen LogP contribution in [0, 0.1) is 52.3 Å². The third-order valence-corrected chi connectivity index (χ3v) is 12.1. The van der Waals surface area contributed by atoms with Gasteiger partial charge in [0.15, 0.2) is 0 Å². The zero-order valence-corrected chi connectivity index (χ0v) is 23.1. The molecule has 1 aliphatic heterocycles. The van der Waals surface area contributed by atoms with E-state index in [1.54, 1.807) is 0 Å². The van der Waals surface area contributed by atoms with Crippen molar-refractivity contribution in [2.45, 2.75) is 111 Å². The average Bonchev–Trinajstić information content (AvgIpc) is 3.19. The molecule has 9 atom stereocenters. The van der Waals surface area contributed by atoms with Crippen LogP contribution in [0.5, 0.6) is 5.75 Å². The van der Waals surface area contributed by atoms with Crippen LogP contribution in [0.15, 0.2) is 29.3 Å². The average molecular weight is 476 g/mol. The Balaban J connectivity index is 1.20. The van der Waals surface area contributed by atoms with Gasteiger partial charge in [-0.25, -0.2) is 0 Å². The molecule has 1 aromatic rings. The van der Waals surface area contributed by atoms with Gasteiger partial charge in [-0.1, -0.05) is 66.0 Å². The molecular formula is C33H49NO. The molecule has 1 heterocycles. The minimum Gasteiger partial charge on any atom is -0.482 e. The number of benzene rings is 1. The normalized spacial score (nSPS) is 42.6. The summed E-state index contributed by atoms with van der Waals surface area (Å²) in [6.07, 6.45) is 15.6. The molecule has 6 rings (SSSR count). The summed E-state index contributed by atoms with van der Waals surface area (Å²) in [4.78, 5) is 5.11. The SMILES string of the molecule is CC(C)CCC[C@H](C)[C@H]1CC[C@H]2[C@@H]3CC[C@H]4[C@@H]5Oc6ccccc6N=C5CC[C@]4(C)[C@H]3CC[C@]12C. The van der Waals surface area contributed by atoms with Gasteiger partial charge in [-0.3, -0.25) is 4.99 Å². The summed E-state index contributed by atoms with van der Waals surface area (Å²) in [6, 6.07) is 8.43. The largest absolute Gasteiger partial charge is 0.482 e. The molecule has 192 valence electrons. The molecule has 1 aromatic carbocycles. The van der Waals surface area contributed by atoms with Crippen LogP contribution < -0.4 is 4.74 Å². The minimum absolute atomic E-state index is 0.218. The molecular weight excluding hydrogens is 426 g/mol. The van der Waals surface area contributed by atoms with Crippen LogP contribution in [-0.4, -0.2) is 11.8 Å². The first-order chi connectivity index (χ1) is 16.8. The van der Waals surface area contributed by atoms with Crippen molar-refractivity contribution in [3.8, 4) is 5.75 Å². The number of ether oxygens (including phenoxy) is 1. The molecule has 0 N–H and O–H groups in total. The fourth-order valence-corrected chi connectivity index (χ4v) is 10.4. The molecule has 0 saturated heterocycles. The van der Waals surface area contributed by atoms with Crippen LogP contribution in [0.3, 0.4) is 0 Å². The Kier molecular flexibility index (Phi) is 6.12. The molecule has 0 bridgehead atoms. The lowest BCUT2D eigenvalue weighted by Gasteiger charge is -2.62. The second-order valence-corrected chi connectivity index (χ2v) is 14.2. The predicted molar refractivity (Wildman–Crippen MR) is 146 cm³/mol. The molecule has 4 fully saturated rings. The van der Waals surface area contributed by atoms with E-state index in [2.05, 4.69) is 58.9 Å². The maximum absolute atomic E-state index is 6.73. The highest BCUT2D eigenvalue weighted by Crippen LogP contribution is 2.68. The number of rotatable bonds is 5. The Hall–Kier alpha value is -1.31. The smallest absolute Gasteiger partial charge is 0.145 e. The summed E-state index contributed by atoms with van der Waals surface area (Å²) in [6.45, 7) is 12.8. The van der Waals surface area contributed by atoms with Gasteiger partial charge < -0.3 is 4.74 Å². The molecule has 0 aromatic heterocycles. The van der Waals surface area contributed by atoms with Crippen LogP contribution in [0.4, 0.5) is 5.69 Å². The second-order valence-electron chi connectivity index (χ2n) is 14.2. The zero-order valence-electron chi connectivity index (χ0n) is 23.1. The van der Waals surface area contributed by atoms with E-state index in [0.29, 0.717) is 16.7 Å². The van der Waals surface area contributed by atoms with E-state index >= 15 is 0 Å². The van der Waals surface area contributed by atoms with Gasteiger partial charge in [0.2, 0.25) is 0 Å². The lowest BCUT2D eigenvalue weighted by Crippen LogP contribution is -2.59. The van der Waals surface area contributed by atoms with Crippen molar-refractivity contribution in [3.63, 3.8) is 0 Å². The molecule has 0 unspecified atom stereocenters. The van der Waals surface area contributed by atoms with Crippen molar-refractivity contribution in [1.29, 1.82) is 0 Å². The fourth-order valence-electron chi connectivity index (χ4n) is 10.4. The van der Waals surface area contributed by atoms with E-state index in [1.165, 1.54) is 69.9 Å². The Bertz CT molecular complexity index is 966. The van der Waals surface area contributed by atoms with Crippen LogP contribution in [0.1, 0.15) is 105 Å². The molecule has 0 amide bonds. The van der Waals surface area contributed by atoms with Crippen molar-refractivity contribution in [1.82, 2.24) is 0 Å². The number of hydrogen-bond acceptors (Lipinski definition) is 2. The minimum atomic E-state index is 0.218. The Morgan fingerprint density at radius 2 is 1.66 bits per heavy atom. The van der Waals surface area contributed by atoms with Crippen molar-refractivity contribution in [2.75, 3.05) is 0 Å². The van der Waals surface area contributed by atoms with E-state index in [0.717, 1.165) is 53.4 Å². The number of nitrogens with zero attached hydrogens (tertiary/aromatic N) is 1. The highest BCUT2D eigenvalue weighted by atomic mass is 16.5. The van der Waals surface area contributed by atoms with Gasteiger partial charge in [-0.15, -0.1) is 0 Å². The Morgan fingerprint density at radius 1 is 0.886 bits per heavy atom. The fraction of sp³-hybridized carbons (Fsp3) is 0.788. The lowest BCUT2D eigenvalue weighted by atomic mass is 9.44. The molecule has 4 saturated carbocycles. The Labute approximate surface area is 214 Å². The maximum atomic E-state index is 6.73. The summed E-state index contributed by atoms with van der Waals surface area (Å²) in [7, 11) is 0. The first-order valence-corrected chi connectivity index (χ1v) is 15.1. The van der Waals surface area contributed by atoms with Gasteiger partial charge in [0.05, 0.1) is 5.71 Å². The second kappa shape index (κ2) is 8.91. The topological polar surface area (TPSA) is 21.6 Å². The van der Waals surface area contributed by atoms with E-state index in [4.69, 9.17) is 9.73 Å². The highest BCUT2D eigenvalue weighted by Gasteiger charge is 2.62. The summed E-state index contributed by atoms with van der Waals surface area (Å²) < 4.78 is 6.73. The summed E-state index contributed by atoms with van der Waals surface area (Å²) >= 11 is 0. The molecule has 4 aliphatic carbocycles. The van der Waals surface area contributed by atoms with Gasteiger partial charge in [-0.2, -0.15) is 0 Å². The molecule has 0 spiro atoms. The predicted octanol–water partition coefficient (Wildman–Crippen LogP) is 9.25. The summed E-state index contributed by atoms with van der Waals surface area (Å²) in [5.41, 5.74) is 3.38.